The fraction of sp³-hybridized carbons (Fsp3) is 1.00. The first-order valence-corrected chi connectivity index (χ1v) is 7.89. The summed E-state index contributed by atoms with van der Waals surface area (Å²) in [5, 5.41) is 0. The van der Waals surface area contributed by atoms with Crippen LogP contribution in [0.4, 0.5) is 0 Å². The van der Waals surface area contributed by atoms with Gasteiger partial charge in [-0.2, -0.15) is 0 Å². The molecule has 3 nitrogen and oxygen atoms in total. The highest BCUT2D eigenvalue weighted by atomic mass is 16.5. The van der Waals surface area contributed by atoms with Gasteiger partial charge in [0.25, 0.3) is 0 Å². The molecule has 2 N–H and O–H groups in total. The lowest BCUT2D eigenvalue weighted by molar-refractivity contribution is 0.0163. The van der Waals surface area contributed by atoms with Crippen molar-refractivity contribution in [2.24, 2.45) is 5.73 Å². The molecule has 106 valence electrons. The van der Waals surface area contributed by atoms with Crippen molar-refractivity contribution in [3.8, 4) is 0 Å². The molecule has 1 heterocycles. The third-order valence-electron chi connectivity index (χ3n) is 4.50. The Morgan fingerprint density at radius 1 is 1.11 bits per heavy atom. The molecule has 0 spiro atoms. The van der Waals surface area contributed by atoms with Gasteiger partial charge in [-0.1, -0.05) is 19.3 Å². The first-order valence-electron chi connectivity index (χ1n) is 7.89. The number of nitrogens with zero attached hydrogens (tertiary/aromatic N) is 1. The van der Waals surface area contributed by atoms with E-state index in [2.05, 4.69) is 11.8 Å². The van der Waals surface area contributed by atoms with E-state index < -0.39 is 0 Å². The van der Waals surface area contributed by atoms with E-state index in [0.29, 0.717) is 12.2 Å². The summed E-state index contributed by atoms with van der Waals surface area (Å²) in [5.41, 5.74) is 5.68. The molecule has 0 aromatic rings. The fourth-order valence-electron chi connectivity index (χ4n) is 3.44. The number of ether oxygens (including phenoxy) is 1. The van der Waals surface area contributed by atoms with Crippen molar-refractivity contribution in [1.82, 2.24) is 4.90 Å². The van der Waals surface area contributed by atoms with Gasteiger partial charge in [-0.05, 0) is 52.1 Å². The Morgan fingerprint density at radius 2 is 1.89 bits per heavy atom. The Bertz CT molecular complexity index is 229. The standard InChI is InChI=1S/C15H30N2O/c1-13-8-9-15(18-13)12-17(11-5-10-16)14-6-3-2-4-7-14/h13-15H,2-12,16H2,1H3. The third-order valence-corrected chi connectivity index (χ3v) is 4.50. The average molecular weight is 254 g/mol. The van der Waals surface area contributed by atoms with Crippen LogP contribution in [0.3, 0.4) is 0 Å². The third kappa shape index (κ3) is 4.22. The summed E-state index contributed by atoms with van der Waals surface area (Å²) in [4.78, 5) is 2.68. The molecular weight excluding hydrogens is 224 g/mol. The Balaban J connectivity index is 1.83. The van der Waals surface area contributed by atoms with Gasteiger partial charge in [0.05, 0.1) is 12.2 Å². The predicted octanol–water partition coefficient (Wildman–Crippen LogP) is 2.54. The van der Waals surface area contributed by atoms with E-state index in [1.807, 2.05) is 0 Å². The summed E-state index contributed by atoms with van der Waals surface area (Å²) in [5.74, 6) is 0. The van der Waals surface area contributed by atoms with Gasteiger partial charge < -0.3 is 10.5 Å². The maximum atomic E-state index is 5.99. The summed E-state index contributed by atoms with van der Waals surface area (Å²) in [6, 6.07) is 0.796. The van der Waals surface area contributed by atoms with Crippen molar-refractivity contribution >= 4 is 0 Å². The lowest BCUT2D eigenvalue weighted by Gasteiger charge is -2.35. The van der Waals surface area contributed by atoms with E-state index in [4.69, 9.17) is 10.5 Å². The Morgan fingerprint density at radius 3 is 2.50 bits per heavy atom. The van der Waals surface area contributed by atoms with E-state index >= 15 is 0 Å². The van der Waals surface area contributed by atoms with Crippen LogP contribution in [0.25, 0.3) is 0 Å². The van der Waals surface area contributed by atoms with Crippen LogP contribution in [0.5, 0.6) is 0 Å². The maximum Gasteiger partial charge on any atom is 0.0706 e. The van der Waals surface area contributed by atoms with Crippen molar-refractivity contribution < 1.29 is 4.74 Å². The molecule has 2 atom stereocenters. The second-order valence-corrected chi connectivity index (χ2v) is 6.08. The zero-order valence-electron chi connectivity index (χ0n) is 11.9. The van der Waals surface area contributed by atoms with Crippen LogP contribution in [-0.4, -0.2) is 42.8 Å². The molecule has 3 heteroatoms. The van der Waals surface area contributed by atoms with Gasteiger partial charge in [-0.15, -0.1) is 0 Å². The lowest BCUT2D eigenvalue weighted by atomic mass is 9.93. The summed E-state index contributed by atoms with van der Waals surface area (Å²) in [6.07, 6.45) is 11.6. The quantitative estimate of drug-likeness (QED) is 0.791. The summed E-state index contributed by atoms with van der Waals surface area (Å²) < 4.78 is 5.99. The topological polar surface area (TPSA) is 38.5 Å². The smallest absolute Gasteiger partial charge is 0.0706 e. The lowest BCUT2D eigenvalue weighted by Crippen LogP contribution is -2.42. The summed E-state index contributed by atoms with van der Waals surface area (Å²) >= 11 is 0. The van der Waals surface area contributed by atoms with E-state index in [1.165, 1.54) is 44.9 Å². The van der Waals surface area contributed by atoms with Gasteiger partial charge in [0.2, 0.25) is 0 Å². The number of rotatable bonds is 6. The van der Waals surface area contributed by atoms with Crippen LogP contribution in [0.2, 0.25) is 0 Å². The van der Waals surface area contributed by atoms with Crippen LogP contribution < -0.4 is 5.73 Å². The molecule has 2 fully saturated rings. The maximum absolute atomic E-state index is 5.99. The first-order chi connectivity index (χ1) is 8.79. The molecule has 18 heavy (non-hydrogen) atoms. The Hall–Kier alpha value is -0.120. The van der Waals surface area contributed by atoms with E-state index in [0.717, 1.165) is 32.1 Å². The second-order valence-electron chi connectivity index (χ2n) is 6.08. The Labute approximate surface area is 112 Å². The van der Waals surface area contributed by atoms with Crippen LogP contribution in [0.1, 0.15) is 58.3 Å². The van der Waals surface area contributed by atoms with Gasteiger partial charge in [0.15, 0.2) is 0 Å². The molecular formula is C15H30N2O. The second kappa shape index (κ2) is 7.46. The van der Waals surface area contributed by atoms with Gasteiger partial charge in [0.1, 0.15) is 0 Å². The molecule has 2 unspecified atom stereocenters. The highest BCUT2D eigenvalue weighted by Gasteiger charge is 2.27. The molecule has 1 aliphatic heterocycles. The van der Waals surface area contributed by atoms with Crippen LogP contribution in [-0.2, 0) is 4.74 Å². The van der Waals surface area contributed by atoms with Crippen molar-refractivity contribution in [2.75, 3.05) is 19.6 Å². The fourth-order valence-corrected chi connectivity index (χ4v) is 3.44. The molecule has 1 saturated carbocycles. The molecule has 0 amide bonds. The minimum Gasteiger partial charge on any atom is -0.374 e. The molecule has 0 radical (unpaired) electrons. The van der Waals surface area contributed by atoms with Crippen LogP contribution >= 0.6 is 0 Å². The summed E-state index contributed by atoms with van der Waals surface area (Å²) in [7, 11) is 0. The number of nitrogens with two attached hydrogens (primary N) is 1. The van der Waals surface area contributed by atoms with Crippen LogP contribution in [0.15, 0.2) is 0 Å². The molecule has 1 aliphatic carbocycles. The average Bonchev–Trinajstić information content (AvgIpc) is 2.81. The van der Waals surface area contributed by atoms with Gasteiger partial charge in [-0.25, -0.2) is 0 Å². The minimum atomic E-state index is 0.470. The van der Waals surface area contributed by atoms with Crippen molar-refractivity contribution in [2.45, 2.75) is 76.5 Å². The minimum absolute atomic E-state index is 0.470. The SMILES string of the molecule is CC1CCC(CN(CCCN)C2CCCCC2)O1. The van der Waals surface area contributed by atoms with E-state index in [9.17, 15) is 0 Å². The van der Waals surface area contributed by atoms with Gasteiger partial charge in [0, 0.05) is 12.6 Å². The molecule has 2 rings (SSSR count). The summed E-state index contributed by atoms with van der Waals surface area (Å²) in [6.45, 7) is 5.31. The normalized spacial score (nSPS) is 30.2. The molecule has 0 bridgehead atoms. The highest BCUT2D eigenvalue weighted by molar-refractivity contribution is 4.81. The largest absolute Gasteiger partial charge is 0.374 e. The predicted molar refractivity (Wildman–Crippen MR) is 75.7 cm³/mol. The van der Waals surface area contributed by atoms with E-state index in [-0.39, 0.29) is 0 Å². The molecule has 0 aromatic carbocycles. The first kappa shape index (κ1) is 14.3. The Kier molecular flexibility index (Phi) is 5.93. The van der Waals surface area contributed by atoms with Gasteiger partial charge in [-0.3, -0.25) is 4.90 Å². The zero-order chi connectivity index (χ0) is 12.8. The number of hydrogen-bond acceptors (Lipinski definition) is 3. The van der Waals surface area contributed by atoms with E-state index in [1.54, 1.807) is 0 Å². The molecule has 0 aromatic heterocycles. The van der Waals surface area contributed by atoms with Crippen molar-refractivity contribution in [1.29, 1.82) is 0 Å². The highest BCUT2D eigenvalue weighted by Crippen LogP contribution is 2.26. The zero-order valence-corrected chi connectivity index (χ0v) is 11.9. The number of hydrogen-bond donors (Lipinski definition) is 1. The molecule has 1 saturated heterocycles. The van der Waals surface area contributed by atoms with Crippen LogP contribution in [0, 0.1) is 0 Å². The van der Waals surface area contributed by atoms with Gasteiger partial charge >= 0.3 is 0 Å². The monoisotopic (exact) mass is 254 g/mol. The van der Waals surface area contributed by atoms with Crippen molar-refractivity contribution in [3.05, 3.63) is 0 Å². The van der Waals surface area contributed by atoms with Crippen molar-refractivity contribution in [3.63, 3.8) is 0 Å². The molecule has 2 aliphatic rings.